The van der Waals surface area contributed by atoms with Crippen molar-refractivity contribution in [2.24, 2.45) is 22.6 Å². The first-order chi connectivity index (χ1) is 27.3. The molecule has 0 amide bonds. The molecule has 2 fully saturated rings. The maximum atomic E-state index is 13.9. The summed E-state index contributed by atoms with van der Waals surface area (Å²) in [5.41, 5.74) is 6.41. The predicted molar refractivity (Wildman–Crippen MR) is 200 cm³/mol. The molecule has 0 unspecified atom stereocenters. The van der Waals surface area contributed by atoms with Gasteiger partial charge in [0.25, 0.3) is 0 Å². The van der Waals surface area contributed by atoms with Gasteiger partial charge in [0, 0.05) is 38.4 Å². The summed E-state index contributed by atoms with van der Waals surface area (Å²) in [5.74, 6) is -7.11. The number of aliphatic hydroxyl groups excluding tert-OH is 5. The molecule has 4 aliphatic rings. The smallest absolute Gasteiger partial charge is 0.339 e. The third-order valence-electron chi connectivity index (χ3n) is 10.0. The number of aliphatic carboxylic acids is 1. The topological polar surface area (TPSA) is 308 Å². The summed E-state index contributed by atoms with van der Waals surface area (Å²) in [7, 11) is 1.43. The fourth-order valence-corrected chi connectivity index (χ4v) is 6.91. The molecule has 8 atom stereocenters. The minimum atomic E-state index is -3.07. The highest BCUT2D eigenvalue weighted by Crippen LogP contribution is 2.39. The SMILES string of the molecule is C=C[C@H]1[C@H](O[C@@H]2O[C@H](CO)[C@@H](O)C(O)(O)[C@H]2O[C@H](CO)NC)OC=C(C(=O)OC2CCCCC2)[C@H]1/C=C/C1=C(NC(N)=NCCCO)C(C(=O)O)=CN(CCO)C1. The zero-order valence-corrected chi connectivity index (χ0v) is 31.9. The van der Waals surface area contributed by atoms with Crippen molar-refractivity contribution >= 4 is 17.9 Å². The van der Waals surface area contributed by atoms with Crippen molar-refractivity contribution < 1.29 is 74.1 Å². The van der Waals surface area contributed by atoms with Crippen molar-refractivity contribution in [2.75, 3.05) is 53.1 Å². The van der Waals surface area contributed by atoms with E-state index in [9.17, 15) is 45.3 Å². The van der Waals surface area contributed by atoms with E-state index in [2.05, 4.69) is 22.2 Å². The first-order valence-corrected chi connectivity index (χ1v) is 18.9. The average molecular weight is 812 g/mol. The van der Waals surface area contributed by atoms with Crippen LogP contribution in [0.3, 0.4) is 0 Å². The predicted octanol–water partition coefficient (Wildman–Crippen LogP) is -2.41. The lowest BCUT2D eigenvalue weighted by Crippen LogP contribution is -2.69. The van der Waals surface area contributed by atoms with Crippen LogP contribution in [-0.2, 0) is 33.3 Å². The minimum absolute atomic E-state index is 0.0500. The molecule has 0 spiro atoms. The van der Waals surface area contributed by atoms with Crippen molar-refractivity contribution in [3.05, 3.63) is 59.7 Å². The molecule has 0 bridgehead atoms. The number of nitrogens with zero attached hydrogens (tertiary/aromatic N) is 2. The van der Waals surface area contributed by atoms with E-state index >= 15 is 0 Å². The Morgan fingerprint density at radius 1 is 1.16 bits per heavy atom. The van der Waals surface area contributed by atoms with Crippen LogP contribution in [0.15, 0.2) is 64.7 Å². The largest absolute Gasteiger partial charge is 0.478 e. The second-order valence-corrected chi connectivity index (χ2v) is 14.0. The number of carbonyl (C=O) groups is 2. The van der Waals surface area contributed by atoms with Crippen LogP contribution in [0.2, 0.25) is 0 Å². The standard InChI is InChI=1S/C37H57N5O15/c1-3-23-24(11-10-21-16-42(13-15-44)17-25(32(48)49)29(21)41-36(38)40-12-7-14-43)26(33(50)54-22-8-5-4-6-9-22)20-53-34(23)57-35-31(56-28(19-46)39-2)37(51,52)30(47)27(18-45)55-35/h3,10-11,17,20,22-24,27-28,30-31,34-35,39,43-47,51-52H,1,4-9,12-16,18-19H2,2H3,(H,48,49)(H3,38,40,41)/b11-10+/t23-,24+,27-,28-,30-,31+,34+,35+/m1/s1. The Balaban J connectivity index is 1.78. The zero-order valence-electron chi connectivity index (χ0n) is 31.9. The minimum Gasteiger partial charge on any atom is -0.478 e. The molecule has 20 nitrogen and oxygen atoms in total. The van der Waals surface area contributed by atoms with E-state index in [0.29, 0.717) is 24.8 Å². The van der Waals surface area contributed by atoms with Gasteiger partial charge in [-0.05, 0) is 44.7 Å². The van der Waals surface area contributed by atoms with Gasteiger partial charge in [0.05, 0.1) is 48.8 Å². The van der Waals surface area contributed by atoms with Crippen molar-refractivity contribution in [1.82, 2.24) is 15.5 Å². The van der Waals surface area contributed by atoms with Gasteiger partial charge in [0.2, 0.25) is 12.1 Å². The van der Waals surface area contributed by atoms with Crippen LogP contribution in [0.4, 0.5) is 0 Å². The first-order valence-electron chi connectivity index (χ1n) is 18.9. The Morgan fingerprint density at radius 3 is 2.51 bits per heavy atom. The second kappa shape index (κ2) is 21.7. The number of allylic oxidation sites excluding steroid dienone is 1. The molecule has 1 saturated heterocycles. The van der Waals surface area contributed by atoms with Gasteiger partial charge in [-0.2, -0.15) is 0 Å². The highest BCUT2D eigenvalue weighted by atomic mass is 16.8. The third kappa shape index (κ3) is 11.6. The van der Waals surface area contributed by atoms with Gasteiger partial charge in [-0.15, -0.1) is 6.58 Å². The fraction of sp³-hybridized carbons (Fsp3) is 0.649. The molecule has 0 radical (unpaired) electrons. The lowest BCUT2D eigenvalue weighted by Gasteiger charge is -2.48. The highest BCUT2D eigenvalue weighted by molar-refractivity contribution is 5.95. The molecule has 0 aromatic carbocycles. The molecule has 3 aliphatic heterocycles. The fourth-order valence-electron chi connectivity index (χ4n) is 6.91. The summed E-state index contributed by atoms with van der Waals surface area (Å²) in [6.07, 6.45) is 1.33. The summed E-state index contributed by atoms with van der Waals surface area (Å²) < 4.78 is 29.4. The average Bonchev–Trinajstić information content (AvgIpc) is 3.19. The molecule has 1 saturated carbocycles. The number of ether oxygens (including phenoxy) is 5. The van der Waals surface area contributed by atoms with Gasteiger partial charge in [0.1, 0.15) is 24.5 Å². The quantitative estimate of drug-likeness (QED) is 0.0162. The molecule has 3 heterocycles. The highest BCUT2D eigenvalue weighted by Gasteiger charge is 2.58. The lowest BCUT2D eigenvalue weighted by atomic mass is 9.83. The molecule has 1 aliphatic carbocycles. The Morgan fingerprint density at radius 2 is 1.89 bits per heavy atom. The number of aliphatic imine (C=N–C) groups is 1. The maximum Gasteiger partial charge on any atom is 0.339 e. The molecule has 12 N–H and O–H groups in total. The van der Waals surface area contributed by atoms with Gasteiger partial charge < -0.3 is 80.5 Å². The van der Waals surface area contributed by atoms with Crippen LogP contribution in [0.1, 0.15) is 38.5 Å². The number of β-amino-alcohol motifs (C(OH)–C–C–N with tert-alkyl or cyclic N) is 1. The Kier molecular flexibility index (Phi) is 17.4. The van der Waals surface area contributed by atoms with E-state index in [1.165, 1.54) is 19.3 Å². The number of nitrogens with one attached hydrogen (secondary N) is 2. The number of carbonyl (C=O) groups excluding carboxylic acids is 1. The van der Waals surface area contributed by atoms with E-state index in [0.717, 1.165) is 25.5 Å². The summed E-state index contributed by atoms with van der Waals surface area (Å²) in [4.78, 5) is 32.1. The van der Waals surface area contributed by atoms with Crippen LogP contribution >= 0.6 is 0 Å². The summed E-state index contributed by atoms with van der Waals surface area (Å²) >= 11 is 0. The van der Waals surface area contributed by atoms with Crippen LogP contribution < -0.4 is 16.4 Å². The van der Waals surface area contributed by atoms with Crippen molar-refractivity contribution in [1.29, 1.82) is 0 Å². The number of rotatable bonds is 19. The molecule has 4 rings (SSSR count). The van der Waals surface area contributed by atoms with E-state index in [-0.39, 0.29) is 61.8 Å². The molecule has 57 heavy (non-hydrogen) atoms. The number of esters is 1. The maximum absolute atomic E-state index is 13.9. The number of aliphatic hydroxyl groups is 7. The van der Waals surface area contributed by atoms with Gasteiger partial charge in [-0.3, -0.25) is 10.3 Å². The monoisotopic (exact) mass is 811 g/mol. The first kappa shape index (κ1) is 45.8. The molecule has 320 valence electrons. The molecule has 20 heteroatoms. The van der Waals surface area contributed by atoms with Gasteiger partial charge >= 0.3 is 11.9 Å². The normalized spacial score (nSPS) is 29.0. The van der Waals surface area contributed by atoms with E-state index in [1.54, 1.807) is 17.1 Å². The van der Waals surface area contributed by atoms with E-state index < -0.39 is 79.9 Å². The lowest BCUT2D eigenvalue weighted by molar-refractivity contribution is -0.416. The van der Waals surface area contributed by atoms with Gasteiger partial charge in [-0.1, -0.05) is 24.6 Å². The van der Waals surface area contributed by atoms with Crippen LogP contribution in [0.5, 0.6) is 0 Å². The van der Waals surface area contributed by atoms with Crippen molar-refractivity contribution in [3.8, 4) is 0 Å². The van der Waals surface area contributed by atoms with Gasteiger partial charge in [0.15, 0.2) is 18.4 Å². The van der Waals surface area contributed by atoms with E-state index in [1.807, 2.05) is 0 Å². The molecular formula is C37H57N5O15. The Labute approximate surface area is 330 Å². The van der Waals surface area contributed by atoms with E-state index in [4.69, 9.17) is 34.5 Å². The number of hydrogen-bond acceptors (Lipinski definition) is 17. The van der Waals surface area contributed by atoms with Gasteiger partial charge in [-0.25, -0.2) is 9.59 Å². The third-order valence-corrected chi connectivity index (χ3v) is 10.0. The Bertz CT molecular complexity index is 1520. The number of carboxylic acid groups (broad SMARTS) is 1. The van der Waals surface area contributed by atoms with Crippen LogP contribution in [0, 0.1) is 11.8 Å². The number of nitrogens with two attached hydrogens (primary N) is 1. The second-order valence-electron chi connectivity index (χ2n) is 14.0. The summed E-state index contributed by atoms with van der Waals surface area (Å²) in [6.45, 7) is 2.37. The molecule has 0 aromatic rings. The van der Waals surface area contributed by atoms with Crippen LogP contribution in [0.25, 0.3) is 0 Å². The summed E-state index contributed by atoms with van der Waals surface area (Å²) in [5, 5.41) is 87.0. The van der Waals surface area contributed by atoms with Crippen LogP contribution in [-0.4, -0.2) is 166 Å². The van der Waals surface area contributed by atoms with Crippen molar-refractivity contribution in [2.45, 2.75) is 87.5 Å². The molecule has 0 aromatic heterocycles. The number of guanidine groups is 1. The summed E-state index contributed by atoms with van der Waals surface area (Å²) in [6, 6.07) is 0. The number of hydrogen-bond donors (Lipinski definition) is 11. The molecular weight excluding hydrogens is 754 g/mol. The Hall–Kier alpha value is -3.93. The number of likely N-dealkylation sites (N-methyl/N-ethyl adjacent to an activating group) is 1. The zero-order chi connectivity index (χ0) is 41.7. The number of carboxylic acids is 1. The van der Waals surface area contributed by atoms with Crippen molar-refractivity contribution in [3.63, 3.8) is 0 Å².